The van der Waals surface area contributed by atoms with Gasteiger partial charge in [0, 0.05) is 20.6 Å². The molecule has 3 amide bonds. The van der Waals surface area contributed by atoms with Gasteiger partial charge in [-0.25, -0.2) is 14.0 Å². The van der Waals surface area contributed by atoms with E-state index in [0.717, 1.165) is 0 Å². The van der Waals surface area contributed by atoms with Crippen LogP contribution in [0.3, 0.4) is 0 Å². The average Bonchev–Trinajstić information content (AvgIpc) is 2.41. The van der Waals surface area contributed by atoms with E-state index in [-0.39, 0.29) is 18.4 Å². The zero-order valence-electron chi connectivity index (χ0n) is 14.1. The number of hydrogen-bond donors (Lipinski definition) is 2. The standard InChI is InChI=1S/C16H24FN3O3/c1-16(2,3)23-15(22)19-13(10-18-14(21)20(4)5)11-6-8-12(17)9-7-11/h6-9,13H,10H2,1-5H3,(H,18,21)(H,19,22). The van der Waals surface area contributed by atoms with Crippen LogP contribution in [-0.4, -0.2) is 43.3 Å². The second-order valence-electron chi connectivity index (χ2n) is 6.33. The summed E-state index contributed by atoms with van der Waals surface area (Å²) in [6.07, 6.45) is -0.606. The Morgan fingerprint density at radius 1 is 1.22 bits per heavy atom. The molecule has 23 heavy (non-hydrogen) atoms. The number of urea groups is 1. The van der Waals surface area contributed by atoms with E-state index in [9.17, 15) is 14.0 Å². The minimum absolute atomic E-state index is 0.155. The van der Waals surface area contributed by atoms with Crippen LogP contribution in [0.5, 0.6) is 0 Å². The number of alkyl carbamates (subject to hydrolysis) is 1. The fourth-order valence-corrected chi connectivity index (χ4v) is 1.74. The highest BCUT2D eigenvalue weighted by Gasteiger charge is 2.21. The first kappa shape index (κ1) is 18.7. The molecule has 0 saturated heterocycles. The molecule has 0 aliphatic heterocycles. The normalized spacial score (nSPS) is 12.3. The summed E-state index contributed by atoms with van der Waals surface area (Å²) in [7, 11) is 3.23. The molecule has 0 radical (unpaired) electrons. The Bertz CT molecular complexity index is 538. The van der Waals surface area contributed by atoms with Crippen LogP contribution in [0.1, 0.15) is 32.4 Å². The molecule has 0 heterocycles. The quantitative estimate of drug-likeness (QED) is 0.894. The van der Waals surface area contributed by atoms with E-state index in [1.54, 1.807) is 47.0 Å². The Hall–Kier alpha value is -2.31. The van der Waals surface area contributed by atoms with Crippen LogP contribution in [0.15, 0.2) is 24.3 Å². The van der Waals surface area contributed by atoms with Gasteiger partial charge in [-0.3, -0.25) is 0 Å². The van der Waals surface area contributed by atoms with Crippen LogP contribution >= 0.6 is 0 Å². The topological polar surface area (TPSA) is 70.7 Å². The molecule has 0 aliphatic carbocycles. The third-order valence-corrected chi connectivity index (χ3v) is 2.83. The number of benzene rings is 1. The van der Waals surface area contributed by atoms with Crippen molar-refractivity contribution in [3.05, 3.63) is 35.6 Å². The molecule has 0 aliphatic rings. The largest absolute Gasteiger partial charge is 0.444 e. The Labute approximate surface area is 136 Å². The number of halogens is 1. The van der Waals surface area contributed by atoms with Crippen LogP contribution in [0, 0.1) is 5.82 Å². The fraction of sp³-hybridized carbons (Fsp3) is 0.500. The lowest BCUT2D eigenvalue weighted by atomic mass is 10.1. The van der Waals surface area contributed by atoms with E-state index in [1.165, 1.54) is 17.0 Å². The van der Waals surface area contributed by atoms with Gasteiger partial charge in [0.15, 0.2) is 0 Å². The summed E-state index contributed by atoms with van der Waals surface area (Å²) in [5.74, 6) is -0.373. The van der Waals surface area contributed by atoms with Gasteiger partial charge in [-0.1, -0.05) is 12.1 Å². The van der Waals surface area contributed by atoms with Crippen molar-refractivity contribution in [2.75, 3.05) is 20.6 Å². The van der Waals surface area contributed by atoms with Crippen molar-refractivity contribution < 1.29 is 18.7 Å². The van der Waals surface area contributed by atoms with Crippen molar-refractivity contribution in [2.45, 2.75) is 32.4 Å². The predicted molar refractivity (Wildman–Crippen MR) is 85.6 cm³/mol. The van der Waals surface area contributed by atoms with Crippen LogP contribution in [0.25, 0.3) is 0 Å². The van der Waals surface area contributed by atoms with Gasteiger partial charge in [-0.2, -0.15) is 0 Å². The lowest BCUT2D eigenvalue weighted by Crippen LogP contribution is -2.43. The highest BCUT2D eigenvalue weighted by Crippen LogP contribution is 2.15. The van der Waals surface area contributed by atoms with E-state index < -0.39 is 17.7 Å². The van der Waals surface area contributed by atoms with Gasteiger partial charge in [0.1, 0.15) is 11.4 Å². The second-order valence-corrected chi connectivity index (χ2v) is 6.33. The number of ether oxygens (including phenoxy) is 1. The van der Waals surface area contributed by atoms with E-state index in [2.05, 4.69) is 10.6 Å². The first-order chi connectivity index (χ1) is 10.6. The molecule has 0 aromatic heterocycles. The van der Waals surface area contributed by atoms with Crippen molar-refractivity contribution >= 4 is 12.1 Å². The smallest absolute Gasteiger partial charge is 0.408 e. The molecule has 2 N–H and O–H groups in total. The molecule has 1 atom stereocenters. The molecule has 1 rings (SSSR count). The maximum Gasteiger partial charge on any atom is 0.408 e. The minimum atomic E-state index is -0.635. The minimum Gasteiger partial charge on any atom is -0.444 e. The number of hydrogen-bond acceptors (Lipinski definition) is 3. The van der Waals surface area contributed by atoms with Gasteiger partial charge >= 0.3 is 12.1 Å². The molecule has 0 bridgehead atoms. The predicted octanol–water partition coefficient (Wildman–Crippen LogP) is 2.66. The zero-order valence-corrected chi connectivity index (χ0v) is 14.1. The second kappa shape index (κ2) is 7.80. The summed E-state index contributed by atoms with van der Waals surface area (Å²) < 4.78 is 18.3. The van der Waals surface area contributed by atoms with Gasteiger partial charge in [0.05, 0.1) is 6.04 Å². The van der Waals surface area contributed by atoms with E-state index in [1.807, 2.05) is 0 Å². The van der Waals surface area contributed by atoms with Crippen LogP contribution in [0.4, 0.5) is 14.0 Å². The van der Waals surface area contributed by atoms with Crippen molar-refractivity contribution in [3.63, 3.8) is 0 Å². The van der Waals surface area contributed by atoms with Crippen LogP contribution in [-0.2, 0) is 4.74 Å². The maximum absolute atomic E-state index is 13.1. The summed E-state index contributed by atoms with van der Waals surface area (Å²) in [4.78, 5) is 25.0. The van der Waals surface area contributed by atoms with E-state index in [0.29, 0.717) is 5.56 Å². The molecule has 1 aromatic rings. The molecule has 7 heteroatoms. The summed E-state index contributed by atoms with van der Waals surface area (Å²) in [6.45, 7) is 5.43. The SMILES string of the molecule is CN(C)C(=O)NCC(NC(=O)OC(C)(C)C)c1ccc(F)cc1. The lowest BCUT2D eigenvalue weighted by molar-refractivity contribution is 0.0503. The third kappa shape index (κ3) is 6.99. The molecule has 0 spiro atoms. The average molecular weight is 325 g/mol. The van der Waals surface area contributed by atoms with Crippen LogP contribution in [0.2, 0.25) is 0 Å². The third-order valence-electron chi connectivity index (χ3n) is 2.83. The summed E-state index contributed by atoms with van der Waals surface area (Å²) in [5, 5.41) is 5.37. The van der Waals surface area contributed by atoms with Crippen molar-refractivity contribution in [2.24, 2.45) is 0 Å². The highest BCUT2D eigenvalue weighted by atomic mass is 19.1. The van der Waals surface area contributed by atoms with E-state index >= 15 is 0 Å². The number of nitrogens with one attached hydrogen (secondary N) is 2. The Balaban J connectivity index is 2.81. The van der Waals surface area contributed by atoms with Crippen molar-refractivity contribution in [1.82, 2.24) is 15.5 Å². The van der Waals surface area contributed by atoms with Gasteiger partial charge in [-0.05, 0) is 38.5 Å². The number of nitrogens with zero attached hydrogens (tertiary/aromatic N) is 1. The van der Waals surface area contributed by atoms with E-state index in [4.69, 9.17) is 4.74 Å². The number of rotatable bonds is 4. The molecule has 1 aromatic carbocycles. The molecule has 128 valence electrons. The first-order valence-electron chi connectivity index (χ1n) is 7.28. The Morgan fingerprint density at radius 2 is 1.78 bits per heavy atom. The summed E-state index contributed by atoms with van der Waals surface area (Å²) >= 11 is 0. The summed E-state index contributed by atoms with van der Waals surface area (Å²) in [6, 6.07) is 4.88. The fourth-order valence-electron chi connectivity index (χ4n) is 1.74. The molecular weight excluding hydrogens is 301 g/mol. The molecule has 0 fully saturated rings. The van der Waals surface area contributed by atoms with Gasteiger partial charge in [0.2, 0.25) is 0 Å². The van der Waals surface area contributed by atoms with Crippen molar-refractivity contribution in [1.29, 1.82) is 0 Å². The Morgan fingerprint density at radius 3 is 2.26 bits per heavy atom. The number of carbonyl (C=O) groups excluding carboxylic acids is 2. The van der Waals surface area contributed by atoms with Gasteiger partial charge in [0.25, 0.3) is 0 Å². The molecular formula is C16H24FN3O3. The van der Waals surface area contributed by atoms with Gasteiger partial charge in [-0.15, -0.1) is 0 Å². The molecule has 0 saturated carbocycles. The van der Waals surface area contributed by atoms with Crippen LogP contribution < -0.4 is 10.6 Å². The molecule has 1 unspecified atom stereocenters. The summed E-state index contributed by atoms with van der Waals surface area (Å²) in [5.41, 5.74) is 0.0286. The van der Waals surface area contributed by atoms with Gasteiger partial charge < -0.3 is 20.3 Å². The zero-order chi connectivity index (χ0) is 17.6. The lowest BCUT2D eigenvalue weighted by Gasteiger charge is -2.24. The monoisotopic (exact) mass is 325 g/mol. The number of amides is 3. The highest BCUT2D eigenvalue weighted by molar-refractivity contribution is 5.73. The first-order valence-corrected chi connectivity index (χ1v) is 7.28. The van der Waals surface area contributed by atoms with Crippen molar-refractivity contribution in [3.8, 4) is 0 Å². The number of carbonyl (C=O) groups is 2. The Kier molecular flexibility index (Phi) is 6.36. The molecule has 6 nitrogen and oxygen atoms in total. The maximum atomic E-state index is 13.1.